The van der Waals surface area contributed by atoms with Crippen LogP contribution in [0, 0.1) is 24.0 Å². The molecule has 0 bridgehead atoms. The molecule has 4 rings (SSSR count). The zero-order chi connectivity index (χ0) is 23.5. The van der Waals surface area contributed by atoms with E-state index in [-0.39, 0.29) is 11.6 Å². The molecular formula is C23H23ClN4O5. The lowest BCUT2D eigenvalue weighted by molar-refractivity contribution is -0.386. The van der Waals surface area contributed by atoms with E-state index in [1.165, 1.54) is 0 Å². The largest absolute Gasteiger partial charge is 0.486 e. The summed E-state index contributed by atoms with van der Waals surface area (Å²) < 4.78 is 12.7. The summed E-state index contributed by atoms with van der Waals surface area (Å²) in [6.07, 6.45) is 0.594. The first kappa shape index (κ1) is 22.6. The summed E-state index contributed by atoms with van der Waals surface area (Å²) in [4.78, 5) is 23.3. The Morgan fingerprint density at radius 1 is 1.18 bits per heavy atom. The minimum absolute atomic E-state index is 0.0327. The third-order valence-corrected chi connectivity index (χ3v) is 5.71. The van der Waals surface area contributed by atoms with E-state index in [1.807, 2.05) is 24.3 Å². The molecule has 0 aliphatic carbocycles. The van der Waals surface area contributed by atoms with Gasteiger partial charge in [0, 0.05) is 12.1 Å². The van der Waals surface area contributed by atoms with E-state index in [1.54, 1.807) is 30.7 Å². The van der Waals surface area contributed by atoms with Gasteiger partial charge in [0.15, 0.2) is 11.5 Å². The Labute approximate surface area is 195 Å². The molecule has 33 heavy (non-hydrogen) atoms. The Balaban J connectivity index is 1.34. The number of carbonyl (C=O) groups excluding carboxylic acids is 1. The van der Waals surface area contributed by atoms with Crippen molar-refractivity contribution in [3.8, 4) is 11.5 Å². The Hall–Kier alpha value is -3.59. The molecule has 1 amide bonds. The highest BCUT2D eigenvalue weighted by molar-refractivity contribution is 6.32. The SMILES string of the molecule is Cc1nn(Cc2ccc(C(=O)NCCc3cc(Cl)c4c(c3)OCCO4)cc2)c(C)c1[N+](=O)[O-]. The molecule has 10 heteroatoms. The maximum Gasteiger partial charge on any atom is 0.312 e. The van der Waals surface area contributed by atoms with Crippen molar-refractivity contribution in [2.45, 2.75) is 26.8 Å². The van der Waals surface area contributed by atoms with Crippen LogP contribution in [-0.2, 0) is 13.0 Å². The van der Waals surface area contributed by atoms with E-state index in [9.17, 15) is 14.9 Å². The van der Waals surface area contributed by atoms with Gasteiger partial charge in [0.25, 0.3) is 5.91 Å². The Bertz CT molecular complexity index is 1210. The number of nitro groups is 1. The van der Waals surface area contributed by atoms with Crippen molar-refractivity contribution < 1.29 is 19.2 Å². The van der Waals surface area contributed by atoms with Crippen molar-refractivity contribution in [3.05, 3.63) is 79.6 Å². The van der Waals surface area contributed by atoms with Crippen LogP contribution in [0.2, 0.25) is 5.02 Å². The summed E-state index contributed by atoms with van der Waals surface area (Å²) in [5, 5.41) is 18.8. The summed E-state index contributed by atoms with van der Waals surface area (Å²) in [7, 11) is 0. The molecule has 9 nitrogen and oxygen atoms in total. The van der Waals surface area contributed by atoms with Crippen molar-refractivity contribution >= 4 is 23.2 Å². The molecule has 0 unspecified atom stereocenters. The van der Waals surface area contributed by atoms with Gasteiger partial charge >= 0.3 is 5.69 Å². The number of rotatable bonds is 7. The van der Waals surface area contributed by atoms with Crippen molar-refractivity contribution in [2.24, 2.45) is 0 Å². The van der Waals surface area contributed by atoms with Gasteiger partial charge in [0.05, 0.1) is 16.5 Å². The summed E-state index contributed by atoms with van der Waals surface area (Å²) in [5.41, 5.74) is 3.27. The third-order valence-electron chi connectivity index (χ3n) is 5.43. The average molecular weight is 471 g/mol. The molecule has 0 atom stereocenters. The third kappa shape index (κ3) is 4.93. The van der Waals surface area contributed by atoms with E-state index in [2.05, 4.69) is 10.4 Å². The van der Waals surface area contributed by atoms with Crippen LogP contribution in [0.3, 0.4) is 0 Å². The number of benzene rings is 2. The number of hydrogen-bond acceptors (Lipinski definition) is 6. The molecule has 0 saturated heterocycles. The summed E-state index contributed by atoms with van der Waals surface area (Å²) in [5.74, 6) is 0.997. The Morgan fingerprint density at radius 3 is 2.61 bits per heavy atom. The average Bonchev–Trinajstić information content (AvgIpc) is 3.07. The van der Waals surface area contributed by atoms with Gasteiger partial charge in [-0.25, -0.2) is 0 Å². The molecule has 1 aliphatic heterocycles. The topological polar surface area (TPSA) is 109 Å². The van der Waals surface area contributed by atoms with E-state index >= 15 is 0 Å². The summed E-state index contributed by atoms with van der Waals surface area (Å²) in [6.45, 7) is 5.07. The van der Waals surface area contributed by atoms with Crippen molar-refractivity contribution in [1.29, 1.82) is 0 Å². The minimum atomic E-state index is -0.416. The minimum Gasteiger partial charge on any atom is -0.486 e. The second-order valence-electron chi connectivity index (χ2n) is 7.74. The van der Waals surface area contributed by atoms with Crippen LogP contribution in [0.1, 0.15) is 32.9 Å². The molecule has 172 valence electrons. The second-order valence-corrected chi connectivity index (χ2v) is 8.15. The molecule has 0 spiro atoms. The number of aromatic nitrogens is 2. The number of nitrogens with zero attached hydrogens (tertiary/aromatic N) is 3. The normalized spacial score (nSPS) is 12.5. The molecule has 1 aromatic heterocycles. The molecule has 0 fully saturated rings. The van der Waals surface area contributed by atoms with Crippen LogP contribution in [0.4, 0.5) is 5.69 Å². The van der Waals surface area contributed by atoms with Gasteiger partial charge in [0.1, 0.15) is 24.6 Å². The Morgan fingerprint density at radius 2 is 1.91 bits per heavy atom. The van der Waals surface area contributed by atoms with Crippen molar-refractivity contribution in [1.82, 2.24) is 15.1 Å². The first-order chi connectivity index (χ1) is 15.8. The zero-order valence-corrected chi connectivity index (χ0v) is 19.0. The fourth-order valence-electron chi connectivity index (χ4n) is 3.77. The van der Waals surface area contributed by atoms with Gasteiger partial charge in [-0.3, -0.25) is 19.6 Å². The summed E-state index contributed by atoms with van der Waals surface area (Å²) in [6, 6.07) is 10.8. The predicted octanol–water partition coefficient (Wildman–Crippen LogP) is 3.85. The van der Waals surface area contributed by atoms with Gasteiger partial charge in [-0.1, -0.05) is 23.7 Å². The van der Waals surface area contributed by atoms with Crippen molar-refractivity contribution in [3.63, 3.8) is 0 Å². The lowest BCUT2D eigenvalue weighted by Gasteiger charge is -2.20. The highest BCUT2D eigenvalue weighted by Gasteiger charge is 2.21. The first-order valence-electron chi connectivity index (χ1n) is 10.5. The molecule has 0 saturated carbocycles. The van der Waals surface area contributed by atoms with Crippen LogP contribution in [0.15, 0.2) is 36.4 Å². The summed E-state index contributed by atoms with van der Waals surface area (Å²) >= 11 is 6.26. The number of halogens is 1. The lowest BCUT2D eigenvalue weighted by atomic mass is 10.1. The number of amides is 1. The number of aryl methyl sites for hydroxylation is 1. The lowest BCUT2D eigenvalue weighted by Crippen LogP contribution is -2.25. The number of carbonyl (C=O) groups is 1. The number of fused-ring (bicyclic) bond motifs is 1. The Kier molecular flexibility index (Phi) is 6.50. The van der Waals surface area contributed by atoms with Crippen molar-refractivity contribution in [2.75, 3.05) is 19.8 Å². The highest BCUT2D eigenvalue weighted by atomic mass is 35.5. The predicted molar refractivity (Wildman–Crippen MR) is 122 cm³/mol. The van der Waals surface area contributed by atoms with Crippen LogP contribution >= 0.6 is 11.6 Å². The van der Waals surface area contributed by atoms with Gasteiger partial charge < -0.3 is 14.8 Å². The van der Waals surface area contributed by atoms with Crippen LogP contribution in [-0.4, -0.2) is 40.4 Å². The maximum atomic E-state index is 12.5. The number of hydrogen-bond donors (Lipinski definition) is 1. The van der Waals surface area contributed by atoms with Gasteiger partial charge in [-0.2, -0.15) is 5.10 Å². The van der Waals surface area contributed by atoms with Gasteiger partial charge in [-0.15, -0.1) is 0 Å². The number of ether oxygens (including phenoxy) is 2. The monoisotopic (exact) mass is 470 g/mol. The fraction of sp³-hybridized carbons (Fsp3) is 0.304. The highest BCUT2D eigenvalue weighted by Crippen LogP contribution is 2.38. The smallest absolute Gasteiger partial charge is 0.312 e. The van der Waals surface area contributed by atoms with E-state index < -0.39 is 4.92 Å². The molecule has 3 aromatic rings. The molecule has 1 aliphatic rings. The molecule has 1 N–H and O–H groups in total. The number of nitrogens with one attached hydrogen (secondary N) is 1. The fourth-order valence-corrected chi connectivity index (χ4v) is 4.06. The first-order valence-corrected chi connectivity index (χ1v) is 10.8. The molecule has 0 radical (unpaired) electrons. The van der Waals surface area contributed by atoms with Crippen LogP contribution in [0.5, 0.6) is 11.5 Å². The van der Waals surface area contributed by atoms with Crippen LogP contribution < -0.4 is 14.8 Å². The van der Waals surface area contributed by atoms with Crippen LogP contribution in [0.25, 0.3) is 0 Å². The van der Waals surface area contributed by atoms with Gasteiger partial charge in [0.2, 0.25) is 0 Å². The van der Waals surface area contributed by atoms with E-state index in [4.69, 9.17) is 21.1 Å². The molecule has 2 heterocycles. The zero-order valence-electron chi connectivity index (χ0n) is 18.3. The maximum absolute atomic E-state index is 12.5. The quantitative estimate of drug-likeness (QED) is 0.415. The standard InChI is InChI=1S/C23H23ClN4O5/c1-14-21(28(30)31)15(2)27(26-14)13-16-3-5-18(6-4-16)23(29)25-8-7-17-11-19(24)22-20(12-17)32-9-10-33-22/h3-6,11-12H,7-10,13H2,1-2H3,(H,25,29). The van der Waals surface area contributed by atoms with Gasteiger partial charge in [-0.05, 0) is 55.7 Å². The molecular weight excluding hydrogens is 448 g/mol. The molecule has 2 aromatic carbocycles. The van der Waals surface area contributed by atoms with E-state index in [0.717, 1.165) is 11.1 Å². The van der Waals surface area contributed by atoms with E-state index in [0.29, 0.717) is 66.2 Å². The second kappa shape index (κ2) is 9.50.